The van der Waals surface area contributed by atoms with Crippen LogP contribution >= 0.6 is 38.9 Å². The number of carbonyl (C=O) groups is 1. The number of carbonyl (C=O) groups excluding carboxylic acids is 1. The number of amides is 1. The number of nitrogens with zero attached hydrogens (tertiary/aromatic N) is 2. The van der Waals surface area contributed by atoms with Crippen molar-refractivity contribution < 1.29 is 4.79 Å². The first-order chi connectivity index (χ1) is 9.60. The Morgan fingerprint density at radius 3 is 2.95 bits per heavy atom. The molecule has 0 aliphatic heterocycles. The van der Waals surface area contributed by atoms with E-state index < -0.39 is 0 Å². The lowest BCUT2D eigenvalue weighted by atomic mass is 10.3. The average molecular weight is 376 g/mol. The normalized spacial score (nSPS) is 10.3. The molecule has 0 unspecified atom stereocenters. The summed E-state index contributed by atoms with van der Waals surface area (Å²) in [6.07, 6.45) is 0.985. The summed E-state index contributed by atoms with van der Waals surface area (Å²) >= 11 is 10.5. The highest BCUT2D eigenvalue weighted by molar-refractivity contribution is 9.10. The number of rotatable bonds is 5. The van der Waals surface area contributed by atoms with Crippen LogP contribution in [0.5, 0.6) is 0 Å². The number of anilines is 2. The molecule has 20 heavy (non-hydrogen) atoms. The van der Waals surface area contributed by atoms with Crippen molar-refractivity contribution in [2.24, 2.45) is 0 Å². The Bertz CT molecular complexity index is 619. The van der Waals surface area contributed by atoms with Gasteiger partial charge < -0.3 is 10.6 Å². The molecule has 2 aromatic rings. The zero-order valence-corrected chi connectivity index (χ0v) is 13.8. The van der Waals surface area contributed by atoms with Crippen molar-refractivity contribution in [2.45, 2.75) is 13.3 Å². The highest BCUT2D eigenvalue weighted by Crippen LogP contribution is 2.26. The largest absolute Gasteiger partial charge is 0.360 e. The smallest absolute Gasteiger partial charge is 0.286 e. The first-order valence-corrected chi connectivity index (χ1v) is 7.92. The molecule has 8 heteroatoms. The molecule has 0 saturated carbocycles. The number of halogens is 2. The van der Waals surface area contributed by atoms with Gasteiger partial charge in [-0.2, -0.15) is 0 Å². The van der Waals surface area contributed by atoms with Gasteiger partial charge in [-0.1, -0.05) is 29.9 Å². The third kappa shape index (κ3) is 3.91. The van der Waals surface area contributed by atoms with Gasteiger partial charge in [0.15, 0.2) is 0 Å². The van der Waals surface area contributed by atoms with E-state index in [1.54, 1.807) is 18.2 Å². The van der Waals surface area contributed by atoms with E-state index in [-0.39, 0.29) is 5.91 Å². The van der Waals surface area contributed by atoms with Gasteiger partial charge in [-0.15, -0.1) is 10.2 Å². The molecule has 1 aromatic heterocycles. The van der Waals surface area contributed by atoms with Gasteiger partial charge in [0.25, 0.3) is 5.91 Å². The van der Waals surface area contributed by atoms with E-state index in [0.29, 0.717) is 20.8 Å². The van der Waals surface area contributed by atoms with Gasteiger partial charge in [-0.05, 0) is 40.5 Å². The quantitative estimate of drug-likeness (QED) is 0.828. The first-order valence-electron chi connectivity index (χ1n) is 5.94. The fourth-order valence-electron chi connectivity index (χ4n) is 1.38. The zero-order valence-electron chi connectivity index (χ0n) is 10.6. The molecular weight excluding hydrogens is 364 g/mol. The minimum absolute atomic E-state index is 0.301. The molecule has 0 atom stereocenters. The van der Waals surface area contributed by atoms with Crippen LogP contribution in [-0.4, -0.2) is 22.6 Å². The van der Waals surface area contributed by atoms with Gasteiger partial charge in [-0.25, -0.2) is 0 Å². The van der Waals surface area contributed by atoms with Crippen LogP contribution in [0.25, 0.3) is 0 Å². The Morgan fingerprint density at radius 1 is 1.45 bits per heavy atom. The van der Waals surface area contributed by atoms with Crippen molar-refractivity contribution in [2.75, 3.05) is 17.2 Å². The maximum Gasteiger partial charge on any atom is 0.286 e. The average Bonchev–Trinajstić information content (AvgIpc) is 2.89. The molecule has 2 N–H and O–H groups in total. The molecule has 0 fully saturated rings. The fourth-order valence-corrected chi connectivity index (χ4v) is 2.47. The number of hydrogen-bond donors (Lipinski definition) is 2. The Hall–Kier alpha value is -1.18. The summed E-state index contributed by atoms with van der Waals surface area (Å²) in [4.78, 5) is 12.0. The molecule has 1 amide bonds. The summed E-state index contributed by atoms with van der Waals surface area (Å²) in [7, 11) is 0. The van der Waals surface area contributed by atoms with Crippen LogP contribution in [0.1, 0.15) is 23.1 Å². The minimum Gasteiger partial charge on any atom is -0.360 e. The Kier molecular flexibility index (Phi) is 5.33. The second-order valence-corrected chi connectivity index (χ2v) is 6.16. The molecule has 2 rings (SSSR count). The monoisotopic (exact) mass is 374 g/mol. The van der Waals surface area contributed by atoms with Gasteiger partial charge in [0.2, 0.25) is 10.1 Å². The van der Waals surface area contributed by atoms with E-state index in [0.717, 1.165) is 17.4 Å². The molecule has 106 valence electrons. The maximum atomic E-state index is 12.0. The first kappa shape index (κ1) is 15.2. The number of benzene rings is 1. The predicted octanol–water partition coefficient (Wildman–Crippen LogP) is 4.03. The van der Waals surface area contributed by atoms with E-state index in [1.165, 1.54) is 11.3 Å². The molecule has 0 spiro atoms. The number of nitrogens with one attached hydrogen (secondary N) is 2. The van der Waals surface area contributed by atoms with Crippen LogP contribution in [0.4, 0.5) is 10.8 Å². The van der Waals surface area contributed by atoms with E-state index >= 15 is 0 Å². The van der Waals surface area contributed by atoms with Gasteiger partial charge in [-0.3, -0.25) is 4.79 Å². The van der Waals surface area contributed by atoms with Crippen molar-refractivity contribution in [3.8, 4) is 0 Å². The van der Waals surface area contributed by atoms with Crippen LogP contribution in [0.3, 0.4) is 0 Å². The predicted molar refractivity (Wildman–Crippen MR) is 85.8 cm³/mol. The summed E-state index contributed by atoms with van der Waals surface area (Å²) in [6.45, 7) is 2.86. The van der Waals surface area contributed by atoms with Crippen molar-refractivity contribution in [1.82, 2.24) is 10.2 Å². The van der Waals surface area contributed by atoms with Crippen LogP contribution in [0, 0.1) is 0 Å². The number of hydrogen-bond acceptors (Lipinski definition) is 5. The topological polar surface area (TPSA) is 66.9 Å². The van der Waals surface area contributed by atoms with Crippen molar-refractivity contribution in [3.63, 3.8) is 0 Å². The summed E-state index contributed by atoms with van der Waals surface area (Å²) in [5.74, 6) is -0.301. The molecule has 5 nitrogen and oxygen atoms in total. The van der Waals surface area contributed by atoms with E-state index in [9.17, 15) is 4.79 Å². The van der Waals surface area contributed by atoms with E-state index in [4.69, 9.17) is 11.6 Å². The van der Waals surface area contributed by atoms with E-state index in [1.807, 2.05) is 0 Å². The molecule has 0 radical (unpaired) electrons. The second kappa shape index (κ2) is 7.01. The van der Waals surface area contributed by atoms with Crippen LogP contribution < -0.4 is 10.6 Å². The highest BCUT2D eigenvalue weighted by atomic mass is 79.9. The summed E-state index contributed by atoms with van der Waals surface area (Å²) in [5, 5.41) is 15.1. The molecule has 0 saturated heterocycles. The molecule has 1 heterocycles. The summed E-state index contributed by atoms with van der Waals surface area (Å²) in [6, 6.07) is 5.19. The van der Waals surface area contributed by atoms with Crippen molar-refractivity contribution in [1.29, 1.82) is 0 Å². The van der Waals surface area contributed by atoms with Gasteiger partial charge in [0.05, 0.1) is 5.02 Å². The van der Waals surface area contributed by atoms with E-state index in [2.05, 4.69) is 43.7 Å². The van der Waals surface area contributed by atoms with Gasteiger partial charge >= 0.3 is 0 Å². The lowest BCUT2D eigenvalue weighted by molar-refractivity contribution is 0.102. The minimum atomic E-state index is -0.301. The third-order valence-electron chi connectivity index (χ3n) is 2.32. The maximum absolute atomic E-state index is 12.0. The Balaban J connectivity index is 2.03. The molecular formula is C12H12BrClN4OS. The van der Waals surface area contributed by atoms with Crippen molar-refractivity contribution in [3.05, 3.63) is 32.7 Å². The number of aromatic nitrogens is 2. The zero-order chi connectivity index (χ0) is 14.5. The fraction of sp³-hybridized carbons (Fsp3) is 0.250. The molecule has 1 aromatic carbocycles. The standard InChI is InChI=1S/C12H12BrClN4OS/c1-2-5-15-12-18-17-11(20-12)10(19)16-7-3-4-8(13)9(14)6-7/h3-4,6H,2,5H2,1H3,(H,15,18)(H,16,19). The van der Waals surface area contributed by atoms with Crippen molar-refractivity contribution >= 4 is 55.6 Å². The molecule has 0 aliphatic rings. The lowest BCUT2D eigenvalue weighted by Gasteiger charge is -2.04. The van der Waals surface area contributed by atoms with Crippen LogP contribution in [0.15, 0.2) is 22.7 Å². The SMILES string of the molecule is CCCNc1nnc(C(=O)Nc2ccc(Br)c(Cl)c2)s1. The van der Waals surface area contributed by atoms with Crippen LogP contribution in [0.2, 0.25) is 5.02 Å². The van der Waals surface area contributed by atoms with Gasteiger partial charge in [0, 0.05) is 16.7 Å². The Morgan fingerprint density at radius 2 is 2.25 bits per heavy atom. The molecule has 0 aliphatic carbocycles. The van der Waals surface area contributed by atoms with Crippen LogP contribution in [-0.2, 0) is 0 Å². The summed E-state index contributed by atoms with van der Waals surface area (Å²) < 4.78 is 0.777. The molecule has 0 bridgehead atoms. The van der Waals surface area contributed by atoms with Gasteiger partial charge in [0.1, 0.15) is 0 Å². The third-order valence-corrected chi connectivity index (χ3v) is 4.44. The lowest BCUT2D eigenvalue weighted by Crippen LogP contribution is -2.11. The highest BCUT2D eigenvalue weighted by Gasteiger charge is 2.13. The second-order valence-electron chi connectivity index (χ2n) is 3.92. The Labute approximate surface area is 133 Å². The summed E-state index contributed by atoms with van der Waals surface area (Å²) in [5.41, 5.74) is 0.612.